The van der Waals surface area contributed by atoms with Crippen LogP contribution in [0.3, 0.4) is 0 Å². The summed E-state index contributed by atoms with van der Waals surface area (Å²) in [4.78, 5) is 3.66. The maximum absolute atomic E-state index is 14.1. The van der Waals surface area contributed by atoms with Crippen molar-refractivity contribution in [1.82, 2.24) is 10.2 Å². The Labute approximate surface area is 140 Å². The van der Waals surface area contributed by atoms with Crippen molar-refractivity contribution in [2.45, 2.75) is 6.04 Å². The number of ether oxygens (including phenoxy) is 1. The van der Waals surface area contributed by atoms with E-state index in [1.807, 2.05) is 6.07 Å². The summed E-state index contributed by atoms with van der Waals surface area (Å²) in [5.41, 5.74) is 0.984. The van der Waals surface area contributed by atoms with Crippen LogP contribution in [-0.4, -0.2) is 38.2 Å². The van der Waals surface area contributed by atoms with E-state index < -0.39 is 0 Å². The molecule has 0 bridgehead atoms. The summed E-state index contributed by atoms with van der Waals surface area (Å²) >= 11 is 1.72. The number of hydrogen-bond donors (Lipinski definition) is 1. The van der Waals surface area contributed by atoms with Crippen molar-refractivity contribution in [1.29, 1.82) is 0 Å². The van der Waals surface area contributed by atoms with Gasteiger partial charge in [-0.05, 0) is 29.1 Å². The second kappa shape index (κ2) is 7.92. The van der Waals surface area contributed by atoms with Gasteiger partial charge >= 0.3 is 0 Å². The quantitative estimate of drug-likeness (QED) is 0.922. The summed E-state index contributed by atoms with van der Waals surface area (Å²) in [7, 11) is 1.49. The molecular weight excluding hydrogens is 323 g/mol. The van der Waals surface area contributed by atoms with E-state index in [1.54, 1.807) is 23.5 Å². The highest BCUT2D eigenvalue weighted by molar-refractivity contribution is 7.10. The Balaban J connectivity index is 0.00000176. The fourth-order valence-corrected chi connectivity index (χ4v) is 3.68. The first-order valence-corrected chi connectivity index (χ1v) is 7.99. The Morgan fingerprint density at radius 1 is 1.27 bits per heavy atom. The van der Waals surface area contributed by atoms with E-state index in [0.29, 0.717) is 5.75 Å². The van der Waals surface area contributed by atoms with Gasteiger partial charge in [-0.1, -0.05) is 12.1 Å². The molecule has 1 atom stereocenters. The van der Waals surface area contributed by atoms with E-state index in [-0.39, 0.29) is 24.3 Å². The third-order valence-corrected chi connectivity index (χ3v) is 4.75. The van der Waals surface area contributed by atoms with Gasteiger partial charge in [0.2, 0.25) is 0 Å². The van der Waals surface area contributed by atoms with E-state index in [0.717, 1.165) is 31.7 Å². The van der Waals surface area contributed by atoms with Gasteiger partial charge in [-0.15, -0.1) is 23.7 Å². The molecule has 1 aromatic carbocycles. The fraction of sp³-hybridized carbons (Fsp3) is 0.375. The molecule has 2 aromatic rings. The normalized spacial score (nSPS) is 16.8. The number of piperazine rings is 1. The zero-order valence-electron chi connectivity index (χ0n) is 12.4. The van der Waals surface area contributed by atoms with Gasteiger partial charge in [-0.25, -0.2) is 4.39 Å². The van der Waals surface area contributed by atoms with Crippen LogP contribution in [-0.2, 0) is 0 Å². The minimum absolute atomic E-state index is 0. The molecule has 120 valence electrons. The predicted molar refractivity (Wildman–Crippen MR) is 90.8 cm³/mol. The van der Waals surface area contributed by atoms with Crippen molar-refractivity contribution in [3.05, 3.63) is 52.0 Å². The first-order valence-electron chi connectivity index (χ1n) is 7.11. The molecule has 3 rings (SSSR count). The smallest absolute Gasteiger partial charge is 0.165 e. The first kappa shape index (κ1) is 17.2. The summed E-state index contributed by atoms with van der Waals surface area (Å²) in [6.07, 6.45) is 0. The topological polar surface area (TPSA) is 24.5 Å². The van der Waals surface area contributed by atoms with Crippen molar-refractivity contribution in [3.63, 3.8) is 0 Å². The fourth-order valence-electron chi connectivity index (χ4n) is 2.79. The van der Waals surface area contributed by atoms with Crippen LogP contribution in [0.4, 0.5) is 4.39 Å². The Kier molecular flexibility index (Phi) is 6.20. The summed E-state index contributed by atoms with van der Waals surface area (Å²) in [6, 6.07) is 9.58. The average molecular weight is 343 g/mol. The highest BCUT2D eigenvalue weighted by Crippen LogP contribution is 2.33. The highest BCUT2D eigenvalue weighted by atomic mass is 35.5. The number of methoxy groups -OCH3 is 1. The molecule has 3 nitrogen and oxygen atoms in total. The van der Waals surface area contributed by atoms with Gasteiger partial charge in [0.05, 0.1) is 13.2 Å². The Morgan fingerprint density at radius 3 is 2.64 bits per heavy atom. The van der Waals surface area contributed by atoms with Crippen LogP contribution < -0.4 is 10.1 Å². The molecular formula is C16H20ClFN2OS. The summed E-state index contributed by atoms with van der Waals surface area (Å²) in [6.45, 7) is 3.88. The van der Waals surface area contributed by atoms with E-state index in [4.69, 9.17) is 4.74 Å². The van der Waals surface area contributed by atoms with Gasteiger partial charge < -0.3 is 10.1 Å². The highest BCUT2D eigenvalue weighted by Gasteiger charge is 2.25. The van der Waals surface area contributed by atoms with Crippen LogP contribution >= 0.6 is 23.7 Å². The van der Waals surface area contributed by atoms with Crippen molar-refractivity contribution in [2.75, 3.05) is 33.3 Å². The largest absolute Gasteiger partial charge is 0.494 e. The van der Waals surface area contributed by atoms with Gasteiger partial charge in [-0.2, -0.15) is 0 Å². The lowest BCUT2D eigenvalue weighted by Gasteiger charge is -2.34. The second-order valence-corrected chi connectivity index (χ2v) is 6.08. The molecule has 0 spiro atoms. The van der Waals surface area contributed by atoms with Crippen molar-refractivity contribution < 1.29 is 9.13 Å². The number of rotatable bonds is 4. The summed E-state index contributed by atoms with van der Waals surface area (Å²) < 4.78 is 19.1. The molecule has 2 heterocycles. The molecule has 0 aliphatic carbocycles. The molecule has 1 aromatic heterocycles. The maximum atomic E-state index is 14.1. The molecule has 0 unspecified atom stereocenters. The Morgan fingerprint density at radius 2 is 2.05 bits per heavy atom. The second-order valence-electron chi connectivity index (χ2n) is 5.10. The van der Waals surface area contributed by atoms with E-state index in [2.05, 4.69) is 27.7 Å². The molecule has 22 heavy (non-hydrogen) atoms. The van der Waals surface area contributed by atoms with E-state index in [9.17, 15) is 4.39 Å². The van der Waals surface area contributed by atoms with Crippen LogP contribution in [0, 0.1) is 5.82 Å². The van der Waals surface area contributed by atoms with Crippen molar-refractivity contribution in [3.8, 4) is 5.75 Å². The van der Waals surface area contributed by atoms with Crippen LogP contribution in [0.25, 0.3) is 0 Å². The monoisotopic (exact) mass is 342 g/mol. The molecule has 6 heteroatoms. The lowest BCUT2D eigenvalue weighted by atomic mass is 10.0. The zero-order chi connectivity index (χ0) is 14.7. The predicted octanol–water partition coefficient (Wildman–Crippen LogP) is 3.31. The minimum atomic E-state index is -0.299. The standard InChI is InChI=1S/C16H19FN2OS.ClH/c1-20-14-5-4-12(11-13(14)17)16(15-3-2-10-21-15)19-8-6-18-7-9-19;/h2-5,10-11,16,18H,6-9H2,1H3;1H/t16-;/m1./s1. The van der Waals surface area contributed by atoms with Gasteiger partial charge in [-0.3, -0.25) is 4.90 Å². The van der Waals surface area contributed by atoms with Crippen LogP contribution in [0.15, 0.2) is 35.7 Å². The van der Waals surface area contributed by atoms with E-state index in [1.165, 1.54) is 12.0 Å². The third kappa shape index (κ3) is 3.60. The maximum Gasteiger partial charge on any atom is 0.165 e. The number of halogens is 2. The van der Waals surface area contributed by atoms with E-state index >= 15 is 0 Å². The van der Waals surface area contributed by atoms with Gasteiger partial charge in [0.25, 0.3) is 0 Å². The number of hydrogen-bond acceptors (Lipinski definition) is 4. The number of nitrogens with zero attached hydrogens (tertiary/aromatic N) is 1. The third-order valence-electron chi connectivity index (χ3n) is 3.82. The number of thiophene rings is 1. The van der Waals surface area contributed by atoms with Crippen molar-refractivity contribution >= 4 is 23.7 Å². The van der Waals surface area contributed by atoms with Crippen LogP contribution in [0.5, 0.6) is 5.75 Å². The molecule has 1 aliphatic rings. The summed E-state index contributed by atoms with van der Waals surface area (Å²) in [5.74, 6) is -0.00400. The molecule has 0 radical (unpaired) electrons. The summed E-state index contributed by atoms with van der Waals surface area (Å²) in [5, 5.41) is 5.44. The minimum Gasteiger partial charge on any atom is -0.494 e. The van der Waals surface area contributed by atoms with Crippen molar-refractivity contribution in [2.24, 2.45) is 0 Å². The molecule has 1 aliphatic heterocycles. The first-order chi connectivity index (χ1) is 10.3. The van der Waals surface area contributed by atoms with Gasteiger partial charge in [0, 0.05) is 31.1 Å². The number of nitrogens with one attached hydrogen (secondary N) is 1. The van der Waals surface area contributed by atoms with Crippen LogP contribution in [0.1, 0.15) is 16.5 Å². The molecule has 1 saturated heterocycles. The molecule has 1 N–H and O–H groups in total. The lowest BCUT2D eigenvalue weighted by molar-refractivity contribution is 0.200. The number of benzene rings is 1. The Hall–Kier alpha value is -1.14. The van der Waals surface area contributed by atoms with Gasteiger partial charge in [0.15, 0.2) is 11.6 Å². The Bertz CT molecular complexity index is 588. The molecule has 0 saturated carbocycles. The lowest BCUT2D eigenvalue weighted by Crippen LogP contribution is -2.45. The SMILES string of the molecule is COc1ccc([C@H](c2cccs2)N2CCNCC2)cc1F.Cl. The molecule has 1 fully saturated rings. The van der Waals surface area contributed by atoms with Crippen LogP contribution in [0.2, 0.25) is 0 Å². The average Bonchev–Trinajstić information content (AvgIpc) is 3.03. The molecule has 0 amide bonds. The zero-order valence-corrected chi connectivity index (χ0v) is 14.1. The van der Waals surface area contributed by atoms with Gasteiger partial charge in [0.1, 0.15) is 0 Å².